The van der Waals surface area contributed by atoms with Crippen molar-refractivity contribution in [1.29, 1.82) is 0 Å². The zero-order valence-electron chi connectivity index (χ0n) is 44.0. The first-order chi connectivity index (χ1) is 32.5. The molecule has 0 N–H and O–H groups in total. The molecule has 0 rings (SSSR count). The molecule has 0 fully saturated rings. The first kappa shape index (κ1) is 63.4. The molecule has 6 nitrogen and oxygen atoms in total. The summed E-state index contributed by atoms with van der Waals surface area (Å²) in [5.41, 5.74) is 0. The number of allylic oxidation sites excluding steroid dienone is 8. The summed E-state index contributed by atoms with van der Waals surface area (Å²) in [7, 11) is 0. The molecule has 384 valence electrons. The van der Waals surface area contributed by atoms with Gasteiger partial charge >= 0.3 is 17.9 Å². The number of esters is 3. The summed E-state index contributed by atoms with van der Waals surface area (Å²) >= 11 is 0. The maximum atomic E-state index is 12.8. The monoisotopic (exact) mass is 925 g/mol. The van der Waals surface area contributed by atoms with Crippen molar-refractivity contribution in [3.63, 3.8) is 0 Å². The van der Waals surface area contributed by atoms with Crippen molar-refractivity contribution in [2.45, 2.75) is 303 Å². The SMILES string of the molecule is CCC/C=C\CCCCCCCC(=O)OCC(COC(=O)CCCCCCCC/C=C\C/C=C\C/C=C\CCCCCCC)OC(=O)CCCCCCCCCCCCCCCCCCC. The molecule has 6 heteroatoms. The number of carbonyl (C=O) groups is 3. The van der Waals surface area contributed by atoms with Crippen molar-refractivity contribution < 1.29 is 28.6 Å². The highest BCUT2D eigenvalue weighted by molar-refractivity contribution is 5.71. The molecule has 0 spiro atoms. The van der Waals surface area contributed by atoms with Gasteiger partial charge in [-0.1, -0.05) is 249 Å². The highest BCUT2D eigenvalue weighted by Gasteiger charge is 2.19. The van der Waals surface area contributed by atoms with E-state index in [1.807, 2.05) is 0 Å². The van der Waals surface area contributed by atoms with Gasteiger partial charge in [-0.3, -0.25) is 14.4 Å². The number of ether oxygens (including phenoxy) is 3. The third-order valence-corrected chi connectivity index (χ3v) is 12.5. The maximum absolute atomic E-state index is 12.8. The fourth-order valence-electron chi connectivity index (χ4n) is 8.22. The first-order valence-corrected chi connectivity index (χ1v) is 28.6. The van der Waals surface area contributed by atoms with Crippen LogP contribution in [0.3, 0.4) is 0 Å². The normalized spacial score (nSPS) is 12.3. The Morgan fingerprint density at radius 3 is 0.924 bits per heavy atom. The summed E-state index contributed by atoms with van der Waals surface area (Å²) in [4.78, 5) is 38.1. The average Bonchev–Trinajstić information content (AvgIpc) is 3.31. The zero-order chi connectivity index (χ0) is 47.9. The van der Waals surface area contributed by atoms with E-state index in [9.17, 15) is 14.4 Å². The lowest BCUT2D eigenvalue weighted by molar-refractivity contribution is -0.167. The molecule has 66 heavy (non-hydrogen) atoms. The first-order valence-electron chi connectivity index (χ1n) is 28.6. The topological polar surface area (TPSA) is 78.9 Å². The Morgan fingerprint density at radius 2 is 0.576 bits per heavy atom. The second-order valence-corrected chi connectivity index (χ2v) is 19.2. The molecule has 0 heterocycles. The molecular formula is C60H108O6. The minimum Gasteiger partial charge on any atom is -0.462 e. The van der Waals surface area contributed by atoms with Gasteiger partial charge in [-0.25, -0.2) is 0 Å². The van der Waals surface area contributed by atoms with Crippen molar-refractivity contribution in [1.82, 2.24) is 0 Å². The zero-order valence-corrected chi connectivity index (χ0v) is 44.0. The molecule has 0 aliphatic heterocycles. The quantitative estimate of drug-likeness (QED) is 0.0262. The smallest absolute Gasteiger partial charge is 0.306 e. The molecule has 0 aliphatic carbocycles. The molecule has 0 aromatic heterocycles. The van der Waals surface area contributed by atoms with Crippen molar-refractivity contribution in [2.75, 3.05) is 13.2 Å². The second kappa shape index (κ2) is 55.0. The number of hydrogen-bond acceptors (Lipinski definition) is 6. The minimum atomic E-state index is -0.779. The van der Waals surface area contributed by atoms with Crippen LogP contribution in [-0.4, -0.2) is 37.2 Å². The molecule has 1 atom stereocenters. The summed E-state index contributed by atoms with van der Waals surface area (Å²) in [6.07, 6.45) is 66.8. The van der Waals surface area contributed by atoms with Crippen LogP contribution in [0.25, 0.3) is 0 Å². The van der Waals surface area contributed by atoms with Crippen LogP contribution in [0.2, 0.25) is 0 Å². The van der Waals surface area contributed by atoms with Crippen LogP contribution in [0.5, 0.6) is 0 Å². The largest absolute Gasteiger partial charge is 0.462 e. The highest BCUT2D eigenvalue weighted by Crippen LogP contribution is 2.16. The Bertz CT molecular complexity index is 1150. The predicted octanol–water partition coefficient (Wildman–Crippen LogP) is 19.0. The summed E-state index contributed by atoms with van der Waals surface area (Å²) in [6.45, 7) is 6.58. The third kappa shape index (κ3) is 52.3. The molecule has 0 aromatic carbocycles. The van der Waals surface area contributed by atoms with E-state index in [0.29, 0.717) is 19.3 Å². The Kier molecular flexibility index (Phi) is 52.8. The Morgan fingerprint density at radius 1 is 0.303 bits per heavy atom. The van der Waals surface area contributed by atoms with Gasteiger partial charge < -0.3 is 14.2 Å². The summed E-state index contributed by atoms with van der Waals surface area (Å²) in [6, 6.07) is 0. The van der Waals surface area contributed by atoms with Crippen LogP contribution < -0.4 is 0 Å². The minimum absolute atomic E-state index is 0.0795. The van der Waals surface area contributed by atoms with Gasteiger partial charge in [0.15, 0.2) is 6.10 Å². The standard InChI is InChI=1S/C60H108O6/c1-4-7-10-13-16-19-22-24-26-28-29-30-31-33-34-36-38-41-44-47-50-53-59(62)65-56-57(55-64-58(61)52-49-46-43-40-21-18-15-12-9-6-3)66-60(63)54-51-48-45-42-39-37-35-32-27-25-23-20-17-14-11-8-5-2/h12,15,22,24,28-29,31,33,57H,4-11,13-14,16-21,23,25-27,30,32,34-56H2,1-3H3/b15-12-,24-22-,29-28-,33-31-. The Labute approximate surface area is 409 Å². The molecular weight excluding hydrogens is 817 g/mol. The van der Waals surface area contributed by atoms with Gasteiger partial charge in [0.05, 0.1) is 0 Å². The van der Waals surface area contributed by atoms with E-state index in [1.165, 1.54) is 167 Å². The van der Waals surface area contributed by atoms with Crippen molar-refractivity contribution in [3.05, 3.63) is 48.6 Å². The van der Waals surface area contributed by atoms with Gasteiger partial charge in [0.2, 0.25) is 0 Å². The lowest BCUT2D eigenvalue weighted by atomic mass is 10.0. The van der Waals surface area contributed by atoms with Gasteiger partial charge in [-0.15, -0.1) is 0 Å². The van der Waals surface area contributed by atoms with E-state index < -0.39 is 6.10 Å². The van der Waals surface area contributed by atoms with E-state index in [1.54, 1.807) is 0 Å². The van der Waals surface area contributed by atoms with Crippen LogP contribution in [0.15, 0.2) is 48.6 Å². The van der Waals surface area contributed by atoms with Crippen LogP contribution in [-0.2, 0) is 28.6 Å². The van der Waals surface area contributed by atoms with E-state index in [0.717, 1.165) is 89.9 Å². The molecule has 0 saturated heterocycles. The average molecular weight is 926 g/mol. The van der Waals surface area contributed by atoms with Crippen molar-refractivity contribution >= 4 is 17.9 Å². The van der Waals surface area contributed by atoms with Gasteiger partial charge in [-0.2, -0.15) is 0 Å². The fourth-order valence-corrected chi connectivity index (χ4v) is 8.22. The molecule has 0 aliphatic rings. The van der Waals surface area contributed by atoms with Crippen LogP contribution in [0.1, 0.15) is 297 Å². The van der Waals surface area contributed by atoms with Gasteiger partial charge in [-0.05, 0) is 77.0 Å². The van der Waals surface area contributed by atoms with Gasteiger partial charge in [0, 0.05) is 19.3 Å². The van der Waals surface area contributed by atoms with E-state index in [2.05, 4.69) is 69.4 Å². The number of unbranched alkanes of at least 4 members (excludes halogenated alkanes) is 33. The maximum Gasteiger partial charge on any atom is 0.306 e. The van der Waals surface area contributed by atoms with Gasteiger partial charge in [0.25, 0.3) is 0 Å². The molecule has 0 amide bonds. The molecule has 0 bridgehead atoms. The summed E-state index contributed by atoms with van der Waals surface area (Å²) in [5.74, 6) is -0.889. The summed E-state index contributed by atoms with van der Waals surface area (Å²) in [5, 5.41) is 0. The highest BCUT2D eigenvalue weighted by atomic mass is 16.6. The van der Waals surface area contributed by atoms with Crippen LogP contribution in [0, 0.1) is 0 Å². The molecule has 1 unspecified atom stereocenters. The van der Waals surface area contributed by atoms with Gasteiger partial charge in [0.1, 0.15) is 13.2 Å². The fraction of sp³-hybridized carbons (Fsp3) is 0.817. The molecule has 0 aromatic rings. The van der Waals surface area contributed by atoms with Crippen molar-refractivity contribution in [3.8, 4) is 0 Å². The number of hydrogen-bond donors (Lipinski definition) is 0. The lowest BCUT2D eigenvalue weighted by Gasteiger charge is -2.18. The van der Waals surface area contributed by atoms with E-state index in [-0.39, 0.29) is 31.1 Å². The second-order valence-electron chi connectivity index (χ2n) is 19.2. The van der Waals surface area contributed by atoms with Crippen LogP contribution >= 0.6 is 0 Å². The Hall–Kier alpha value is -2.63. The summed E-state index contributed by atoms with van der Waals surface area (Å²) < 4.78 is 16.8. The molecule has 0 radical (unpaired) electrons. The predicted molar refractivity (Wildman–Crippen MR) is 284 cm³/mol. The number of carbonyl (C=O) groups excluding carboxylic acids is 3. The third-order valence-electron chi connectivity index (χ3n) is 12.5. The molecule has 0 saturated carbocycles. The van der Waals surface area contributed by atoms with E-state index in [4.69, 9.17) is 14.2 Å². The number of rotatable bonds is 52. The van der Waals surface area contributed by atoms with Crippen molar-refractivity contribution in [2.24, 2.45) is 0 Å². The Balaban J connectivity index is 4.30. The van der Waals surface area contributed by atoms with Crippen LogP contribution in [0.4, 0.5) is 0 Å². The lowest BCUT2D eigenvalue weighted by Crippen LogP contribution is -2.30. The van der Waals surface area contributed by atoms with E-state index >= 15 is 0 Å².